The lowest BCUT2D eigenvalue weighted by Crippen LogP contribution is -2.47. The monoisotopic (exact) mass is 325 g/mol. The first-order valence-electron chi connectivity index (χ1n) is 6.32. The van der Waals surface area contributed by atoms with E-state index in [1.807, 2.05) is 13.8 Å². The summed E-state index contributed by atoms with van der Waals surface area (Å²) >= 11 is 5.04. The fraction of sp³-hybridized carbons (Fsp3) is 0.818. The summed E-state index contributed by atoms with van der Waals surface area (Å²) in [5.41, 5.74) is 4.53. The smallest absolute Gasteiger partial charge is 0.333 e. The molecular formula is C11H23N3O4S2. The van der Waals surface area contributed by atoms with Crippen LogP contribution in [0.25, 0.3) is 0 Å². The summed E-state index contributed by atoms with van der Waals surface area (Å²) in [5.74, 6) is 1.19. The molecule has 20 heavy (non-hydrogen) atoms. The molecule has 3 amide bonds. The van der Waals surface area contributed by atoms with Crippen LogP contribution in [0.15, 0.2) is 0 Å². The Balaban J connectivity index is 3.34. The highest BCUT2D eigenvalue weighted by Gasteiger charge is 2.05. The molecule has 0 aliphatic carbocycles. The molecule has 0 aliphatic heterocycles. The molecule has 0 fully saturated rings. The SMILES string of the molecule is CC(C)NC(=O)NNC(=O)SCCOCCOCCS. The number of urea groups is 1. The van der Waals surface area contributed by atoms with Crippen molar-refractivity contribution < 1.29 is 19.1 Å². The third-order valence-electron chi connectivity index (χ3n) is 1.77. The minimum Gasteiger partial charge on any atom is -0.378 e. The molecule has 0 bridgehead atoms. The Morgan fingerprint density at radius 3 is 2.35 bits per heavy atom. The first-order chi connectivity index (χ1) is 9.56. The molecule has 0 radical (unpaired) electrons. The number of thiol groups is 1. The van der Waals surface area contributed by atoms with E-state index in [9.17, 15) is 9.59 Å². The van der Waals surface area contributed by atoms with Gasteiger partial charge in [-0.2, -0.15) is 12.6 Å². The predicted molar refractivity (Wildman–Crippen MR) is 83.3 cm³/mol. The second-order valence-electron chi connectivity index (χ2n) is 3.96. The highest BCUT2D eigenvalue weighted by molar-refractivity contribution is 8.13. The lowest BCUT2D eigenvalue weighted by molar-refractivity contribution is 0.0606. The number of hydrogen-bond donors (Lipinski definition) is 4. The van der Waals surface area contributed by atoms with Gasteiger partial charge in [-0.25, -0.2) is 10.2 Å². The Morgan fingerprint density at radius 2 is 1.75 bits per heavy atom. The fourth-order valence-corrected chi connectivity index (χ4v) is 1.66. The largest absolute Gasteiger partial charge is 0.378 e. The second kappa shape index (κ2) is 13.3. The molecule has 7 nitrogen and oxygen atoms in total. The van der Waals surface area contributed by atoms with E-state index in [1.54, 1.807) is 0 Å². The third kappa shape index (κ3) is 13.8. The summed E-state index contributed by atoms with van der Waals surface area (Å²) in [5, 5.41) is 2.25. The number of hydrazine groups is 1. The van der Waals surface area contributed by atoms with Gasteiger partial charge >= 0.3 is 6.03 Å². The summed E-state index contributed by atoms with van der Waals surface area (Å²) in [6.07, 6.45) is 0. The first kappa shape index (κ1) is 19.4. The minimum atomic E-state index is -0.438. The zero-order valence-corrected chi connectivity index (χ0v) is 13.5. The Kier molecular flexibility index (Phi) is 12.9. The van der Waals surface area contributed by atoms with Crippen molar-refractivity contribution in [1.29, 1.82) is 0 Å². The van der Waals surface area contributed by atoms with Crippen molar-refractivity contribution in [1.82, 2.24) is 16.2 Å². The standard InChI is InChI=1S/C11H23N3O4S2/c1-9(2)12-10(15)13-14-11(16)20-8-6-18-4-3-17-5-7-19/h9,19H,3-8H2,1-2H3,(H,14,16)(H2,12,13,15). The van der Waals surface area contributed by atoms with Gasteiger partial charge in [-0.05, 0) is 13.8 Å². The number of rotatable bonds is 9. The molecule has 0 heterocycles. The van der Waals surface area contributed by atoms with Crippen LogP contribution in [0.3, 0.4) is 0 Å². The average molecular weight is 325 g/mol. The Bertz CT molecular complexity index is 280. The molecule has 118 valence electrons. The van der Waals surface area contributed by atoms with Gasteiger partial charge in [-0.1, -0.05) is 11.8 Å². The summed E-state index contributed by atoms with van der Waals surface area (Å²) in [4.78, 5) is 22.5. The van der Waals surface area contributed by atoms with Gasteiger partial charge < -0.3 is 14.8 Å². The predicted octanol–water partition coefficient (Wildman–Crippen LogP) is 1.01. The number of nitrogens with one attached hydrogen (secondary N) is 3. The third-order valence-corrected chi connectivity index (χ3v) is 2.68. The molecule has 0 aromatic carbocycles. The molecule has 0 unspecified atom stereocenters. The quantitative estimate of drug-likeness (QED) is 0.289. The van der Waals surface area contributed by atoms with Crippen LogP contribution in [0.5, 0.6) is 0 Å². The van der Waals surface area contributed by atoms with E-state index >= 15 is 0 Å². The maximum Gasteiger partial charge on any atom is 0.333 e. The fourth-order valence-electron chi connectivity index (χ4n) is 1.02. The molecule has 9 heteroatoms. The van der Waals surface area contributed by atoms with Crippen LogP contribution >= 0.6 is 24.4 Å². The molecule has 0 aromatic rings. The number of hydrogen-bond acceptors (Lipinski definition) is 6. The molecule has 0 aliphatic rings. The Hall–Kier alpha value is -0.640. The Morgan fingerprint density at radius 1 is 1.10 bits per heavy atom. The molecular weight excluding hydrogens is 302 g/mol. The van der Waals surface area contributed by atoms with Crippen molar-refractivity contribution in [2.45, 2.75) is 19.9 Å². The highest BCUT2D eigenvalue weighted by Crippen LogP contribution is 1.99. The van der Waals surface area contributed by atoms with E-state index in [1.165, 1.54) is 0 Å². The molecule has 0 spiro atoms. The zero-order chi connectivity index (χ0) is 15.2. The van der Waals surface area contributed by atoms with Crippen LogP contribution in [-0.4, -0.2) is 55.2 Å². The topological polar surface area (TPSA) is 88.7 Å². The van der Waals surface area contributed by atoms with Crippen LogP contribution in [0.2, 0.25) is 0 Å². The maximum absolute atomic E-state index is 11.3. The van der Waals surface area contributed by atoms with Crippen molar-refractivity contribution >= 4 is 35.7 Å². The highest BCUT2D eigenvalue weighted by atomic mass is 32.2. The van der Waals surface area contributed by atoms with Crippen molar-refractivity contribution in [3.8, 4) is 0 Å². The van der Waals surface area contributed by atoms with Gasteiger partial charge in [0.2, 0.25) is 0 Å². The van der Waals surface area contributed by atoms with Crippen LogP contribution in [0.4, 0.5) is 9.59 Å². The number of amides is 3. The van der Waals surface area contributed by atoms with Gasteiger partial charge in [0.05, 0.1) is 26.4 Å². The molecule has 3 N–H and O–H groups in total. The van der Waals surface area contributed by atoms with Gasteiger partial charge in [0.1, 0.15) is 0 Å². The summed E-state index contributed by atoms with van der Waals surface area (Å²) < 4.78 is 10.4. The average Bonchev–Trinajstić information content (AvgIpc) is 2.38. The summed E-state index contributed by atoms with van der Waals surface area (Å²) in [6.45, 7) is 5.72. The molecule has 0 rings (SSSR count). The van der Waals surface area contributed by atoms with Gasteiger partial charge in [0, 0.05) is 17.5 Å². The zero-order valence-electron chi connectivity index (χ0n) is 11.8. The van der Waals surface area contributed by atoms with Crippen molar-refractivity contribution in [2.75, 3.05) is 37.9 Å². The molecule has 0 saturated carbocycles. The summed E-state index contributed by atoms with van der Waals surface area (Å²) in [7, 11) is 0. The molecule has 0 saturated heterocycles. The molecule has 0 aromatic heterocycles. The molecule has 0 atom stereocenters. The number of carbonyl (C=O) groups excluding carboxylic acids is 2. The lowest BCUT2D eigenvalue weighted by Gasteiger charge is -2.10. The van der Waals surface area contributed by atoms with Crippen molar-refractivity contribution in [3.05, 3.63) is 0 Å². The van der Waals surface area contributed by atoms with Crippen LogP contribution in [0.1, 0.15) is 13.8 Å². The Labute approximate surface area is 129 Å². The van der Waals surface area contributed by atoms with Gasteiger partial charge in [-0.3, -0.25) is 10.2 Å². The van der Waals surface area contributed by atoms with Crippen LogP contribution < -0.4 is 16.2 Å². The van der Waals surface area contributed by atoms with Crippen LogP contribution in [-0.2, 0) is 9.47 Å². The van der Waals surface area contributed by atoms with Crippen LogP contribution in [0, 0.1) is 0 Å². The van der Waals surface area contributed by atoms with E-state index in [0.717, 1.165) is 11.8 Å². The number of ether oxygens (including phenoxy) is 2. The van der Waals surface area contributed by atoms with E-state index in [2.05, 4.69) is 28.8 Å². The normalized spacial score (nSPS) is 10.4. The van der Waals surface area contributed by atoms with E-state index in [4.69, 9.17) is 9.47 Å². The second-order valence-corrected chi connectivity index (χ2v) is 5.48. The lowest BCUT2D eigenvalue weighted by atomic mass is 10.4. The first-order valence-corrected chi connectivity index (χ1v) is 7.93. The maximum atomic E-state index is 11.3. The minimum absolute atomic E-state index is 0.0118. The van der Waals surface area contributed by atoms with Gasteiger partial charge in [0.25, 0.3) is 5.24 Å². The number of carbonyl (C=O) groups is 2. The van der Waals surface area contributed by atoms with Gasteiger partial charge in [-0.15, -0.1) is 0 Å². The summed E-state index contributed by atoms with van der Waals surface area (Å²) in [6, 6.07) is -0.427. The van der Waals surface area contributed by atoms with Crippen molar-refractivity contribution in [2.24, 2.45) is 0 Å². The van der Waals surface area contributed by atoms with E-state index < -0.39 is 6.03 Å². The van der Waals surface area contributed by atoms with Crippen molar-refractivity contribution in [3.63, 3.8) is 0 Å². The van der Waals surface area contributed by atoms with Gasteiger partial charge in [0.15, 0.2) is 0 Å². The van der Waals surface area contributed by atoms with E-state index in [-0.39, 0.29) is 11.3 Å². The number of thioether (sulfide) groups is 1. The van der Waals surface area contributed by atoms with E-state index in [0.29, 0.717) is 37.9 Å².